The number of nitrogens with zero attached hydrogens (tertiary/aromatic N) is 3. The van der Waals surface area contributed by atoms with Crippen LogP contribution >= 0.6 is 11.8 Å². The number of likely N-dealkylation sites (tertiary alicyclic amines) is 1. The maximum absolute atomic E-state index is 13.2. The molecule has 1 unspecified atom stereocenters. The molecular weight excluding hydrogens is 422 g/mol. The zero-order valence-electron chi connectivity index (χ0n) is 18.2. The van der Waals surface area contributed by atoms with Gasteiger partial charge in [-0.2, -0.15) is 0 Å². The fraction of sp³-hybridized carbons (Fsp3) is 0.360. The Hall–Kier alpha value is -2.93. The van der Waals surface area contributed by atoms with Gasteiger partial charge < -0.3 is 14.4 Å². The Morgan fingerprint density at radius 1 is 1.12 bits per heavy atom. The van der Waals surface area contributed by atoms with Gasteiger partial charge in [0.15, 0.2) is 16.7 Å². The lowest BCUT2D eigenvalue weighted by molar-refractivity contribution is -0.129. The van der Waals surface area contributed by atoms with Crippen molar-refractivity contribution in [1.29, 1.82) is 0 Å². The lowest BCUT2D eigenvalue weighted by Crippen LogP contribution is -2.32. The van der Waals surface area contributed by atoms with E-state index in [9.17, 15) is 4.79 Å². The lowest BCUT2D eigenvalue weighted by Gasteiger charge is -2.25. The van der Waals surface area contributed by atoms with Crippen molar-refractivity contribution < 1.29 is 14.3 Å². The summed E-state index contributed by atoms with van der Waals surface area (Å²) in [5.74, 6) is 2.09. The second-order valence-electron chi connectivity index (χ2n) is 8.21. The molecule has 0 radical (unpaired) electrons. The standard InChI is InChI=1S/C25H27N3O3S/c1-18-5-2-6-20(15-18)27-12-10-26-25(27)32-17-24(29)28-11-3-7-21(28)19-8-9-22-23(16-19)31-14-4-13-30-22/h2,5-6,8-10,12,15-16,21H,3-4,7,11,13-14,17H2,1H3. The highest BCUT2D eigenvalue weighted by molar-refractivity contribution is 7.99. The van der Waals surface area contributed by atoms with Crippen LogP contribution < -0.4 is 9.47 Å². The number of carbonyl (C=O) groups is 1. The highest BCUT2D eigenvalue weighted by Gasteiger charge is 2.31. The van der Waals surface area contributed by atoms with Gasteiger partial charge in [0, 0.05) is 31.0 Å². The molecular formula is C25H27N3O3S. The van der Waals surface area contributed by atoms with Crippen molar-refractivity contribution in [3.8, 4) is 17.2 Å². The van der Waals surface area contributed by atoms with E-state index >= 15 is 0 Å². The van der Waals surface area contributed by atoms with Crippen LogP contribution in [-0.2, 0) is 4.79 Å². The van der Waals surface area contributed by atoms with Gasteiger partial charge in [0.05, 0.1) is 25.0 Å². The van der Waals surface area contributed by atoms with Crippen molar-refractivity contribution in [1.82, 2.24) is 14.5 Å². The van der Waals surface area contributed by atoms with Crippen LogP contribution in [0.2, 0.25) is 0 Å². The van der Waals surface area contributed by atoms with Crippen molar-refractivity contribution in [2.45, 2.75) is 37.4 Å². The molecule has 1 atom stereocenters. The number of aryl methyl sites for hydroxylation is 1. The monoisotopic (exact) mass is 449 g/mol. The summed E-state index contributed by atoms with van der Waals surface area (Å²) in [6, 6.07) is 14.5. The average molecular weight is 450 g/mol. The molecule has 3 heterocycles. The third-order valence-electron chi connectivity index (χ3n) is 5.94. The number of hydrogen-bond acceptors (Lipinski definition) is 5. The number of benzene rings is 2. The molecule has 0 saturated carbocycles. The van der Waals surface area contributed by atoms with Crippen LogP contribution in [0, 0.1) is 6.92 Å². The number of ether oxygens (including phenoxy) is 2. The second kappa shape index (κ2) is 9.28. The number of aromatic nitrogens is 2. The van der Waals surface area contributed by atoms with E-state index in [1.165, 1.54) is 17.3 Å². The minimum Gasteiger partial charge on any atom is -0.490 e. The van der Waals surface area contributed by atoms with Gasteiger partial charge in [-0.15, -0.1) is 0 Å². The van der Waals surface area contributed by atoms with E-state index in [4.69, 9.17) is 9.47 Å². The number of thioether (sulfide) groups is 1. The molecule has 0 spiro atoms. The number of fused-ring (bicyclic) bond motifs is 1. The van der Waals surface area contributed by atoms with Crippen LogP contribution in [0.5, 0.6) is 11.5 Å². The maximum Gasteiger partial charge on any atom is 0.233 e. The summed E-state index contributed by atoms with van der Waals surface area (Å²) < 4.78 is 13.7. The number of imidazole rings is 1. The van der Waals surface area contributed by atoms with Gasteiger partial charge in [-0.25, -0.2) is 4.98 Å². The van der Waals surface area contributed by atoms with Gasteiger partial charge in [0.25, 0.3) is 0 Å². The summed E-state index contributed by atoms with van der Waals surface area (Å²) in [7, 11) is 0. The molecule has 166 valence electrons. The topological polar surface area (TPSA) is 56.6 Å². The van der Waals surface area contributed by atoms with E-state index in [0.717, 1.165) is 53.7 Å². The Kier molecular flexibility index (Phi) is 6.08. The first kappa shape index (κ1) is 20.9. The molecule has 1 amide bonds. The molecule has 3 aromatic rings. The van der Waals surface area contributed by atoms with Gasteiger partial charge >= 0.3 is 0 Å². The van der Waals surface area contributed by atoms with E-state index in [1.54, 1.807) is 6.20 Å². The molecule has 1 saturated heterocycles. The highest BCUT2D eigenvalue weighted by Crippen LogP contribution is 2.38. The first-order valence-corrected chi connectivity index (χ1v) is 12.1. The molecule has 2 aromatic carbocycles. The first-order valence-electron chi connectivity index (χ1n) is 11.1. The summed E-state index contributed by atoms with van der Waals surface area (Å²) in [5.41, 5.74) is 3.37. The fourth-order valence-electron chi connectivity index (χ4n) is 4.38. The molecule has 2 aliphatic rings. The quantitative estimate of drug-likeness (QED) is 0.524. The molecule has 0 bridgehead atoms. The molecule has 0 N–H and O–H groups in total. The Morgan fingerprint density at radius 2 is 2.00 bits per heavy atom. The number of hydrogen-bond donors (Lipinski definition) is 0. The van der Waals surface area contributed by atoms with E-state index < -0.39 is 0 Å². The smallest absolute Gasteiger partial charge is 0.233 e. The minimum absolute atomic E-state index is 0.0803. The van der Waals surface area contributed by atoms with Crippen molar-refractivity contribution in [3.05, 3.63) is 66.0 Å². The largest absolute Gasteiger partial charge is 0.490 e. The number of carbonyl (C=O) groups excluding carboxylic acids is 1. The van der Waals surface area contributed by atoms with Gasteiger partial charge in [-0.1, -0.05) is 30.0 Å². The summed E-state index contributed by atoms with van der Waals surface area (Å²) >= 11 is 1.49. The van der Waals surface area contributed by atoms with Crippen molar-refractivity contribution in [2.24, 2.45) is 0 Å². The Balaban J connectivity index is 1.28. The molecule has 2 aliphatic heterocycles. The Bertz CT molecular complexity index is 1110. The predicted molar refractivity (Wildman–Crippen MR) is 125 cm³/mol. The SMILES string of the molecule is Cc1cccc(-n2ccnc2SCC(=O)N2CCCC2c2ccc3c(c2)OCCCO3)c1. The molecule has 7 heteroatoms. The maximum atomic E-state index is 13.2. The summed E-state index contributed by atoms with van der Waals surface area (Å²) in [6.45, 7) is 4.19. The van der Waals surface area contributed by atoms with Gasteiger partial charge in [-0.05, 0) is 55.2 Å². The van der Waals surface area contributed by atoms with Gasteiger partial charge in [-0.3, -0.25) is 9.36 Å². The molecule has 1 fully saturated rings. The number of amides is 1. The van der Waals surface area contributed by atoms with E-state index in [0.29, 0.717) is 19.0 Å². The van der Waals surface area contributed by atoms with Crippen LogP contribution in [0.25, 0.3) is 5.69 Å². The average Bonchev–Trinajstić information content (AvgIpc) is 3.42. The van der Waals surface area contributed by atoms with E-state index in [-0.39, 0.29) is 11.9 Å². The molecule has 0 aliphatic carbocycles. The fourth-order valence-corrected chi connectivity index (χ4v) is 5.24. The van der Waals surface area contributed by atoms with Crippen molar-refractivity contribution >= 4 is 17.7 Å². The third-order valence-corrected chi connectivity index (χ3v) is 6.89. The van der Waals surface area contributed by atoms with Gasteiger partial charge in [0.1, 0.15) is 0 Å². The molecule has 5 rings (SSSR count). The second-order valence-corrected chi connectivity index (χ2v) is 9.15. The summed E-state index contributed by atoms with van der Waals surface area (Å²) in [4.78, 5) is 19.7. The lowest BCUT2D eigenvalue weighted by atomic mass is 10.0. The zero-order chi connectivity index (χ0) is 21.9. The van der Waals surface area contributed by atoms with E-state index in [2.05, 4.69) is 42.2 Å². The summed E-state index contributed by atoms with van der Waals surface area (Å²) in [5, 5.41) is 0.829. The predicted octanol–water partition coefficient (Wildman–Crippen LogP) is 4.80. The third kappa shape index (κ3) is 4.35. The normalized spacial score (nSPS) is 17.9. The molecule has 32 heavy (non-hydrogen) atoms. The minimum atomic E-state index is 0.0803. The Labute approximate surface area is 192 Å². The Morgan fingerprint density at radius 3 is 2.88 bits per heavy atom. The van der Waals surface area contributed by atoms with Crippen LogP contribution in [-0.4, -0.2) is 45.9 Å². The van der Waals surface area contributed by atoms with Crippen LogP contribution in [0.15, 0.2) is 60.0 Å². The zero-order valence-corrected chi connectivity index (χ0v) is 19.0. The summed E-state index contributed by atoms with van der Waals surface area (Å²) in [6.07, 6.45) is 6.58. The molecule has 1 aromatic heterocycles. The first-order chi connectivity index (χ1) is 15.7. The van der Waals surface area contributed by atoms with Gasteiger partial charge in [0.2, 0.25) is 5.91 Å². The van der Waals surface area contributed by atoms with Crippen LogP contribution in [0.3, 0.4) is 0 Å². The van der Waals surface area contributed by atoms with E-state index in [1.807, 2.05) is 27.8 Å². The van der Waals surface area contributed by atoms with Crippen molar-refractivity contribution in [2.75, 3.05) is 25.5 Å². The number of rotatable bonds is 5. The molecule has 6 nitrogen and oxygen atoms in total. The van der Waals surface area contributed by atoms with Crippen LogP contribution in [0.1, 0.15) is 36.4 Å². The highest BCUT2D eigenvalue weighted by atomic mass is 32.2. The van der Waals surface area contributed by atoms with Crippen molar-refractivity contribution in [3.63, 3.8) is 0 Å². The van der Waals surface area contributed by atoms with Crippen LogP contribution in [0.4, 0.5) is 0 Å².